The number of aromatic nitrogens is 1. The number of ether oxygens (including phenoxy) is 1. The fourth-order valence-corrected chi connectivity index (χ4v) is 2.43. The number of benzene rings is 1. The molecular formula is C11H10INOS. The van der Waals surface area contributed by atoms with E-state index in [1.54, 1.807) is 11.3 Å². The van der Waals surface area contributed by atoms with E-state index in [2.05, 4.69) is 27.6 Å². The van der Waals surface area contributed by atoms with Crippen molar-refractivity contribution in [2.45, 2.75) is 13.5 Å². The van der Waals surface area contributed by atoms with Crippen molar-refractivity contribution in [3.05, 3.63) is 43.9 Å². The Hall–Kier alpha value is -0.620. The zero-order valence-electron chi connectivity index (χ0n) is 8.24. The SMILES string of the molecule is Cc1ncc(COc2ccccc2I)s1. The fourth-order valence-electron chi connectivity index (χ4n) is 1.18. The van der Waals surface area contributed by atoms with Gasteiger partial charge in [-0.2, -0.15) is 0 Å². The Kier molecular flexibility index (Phi) is 3.58. The third-order valence-electron chi connectivity index (χ3n) is 1.88. The first kappa shape index (κ1) is 10.9. The summed E-state index contributed by atoms with van der Waals surface area (Å²) in [6.45, 7) is 2.60. The first-order valence-corrected chi connectivity index (χ1v) is 6.44. The van der Waals surface area contributed by atoms with Crippen LogP contribution in [0.4, 0.5) is 0 Å². The zero-order chi connectivity index (χ0) is 10.7. The molecule has 0 N–H and O–H groups in total. The fraction of sp³-hybridized carbons (Fsp3) is 0.182. The Morgan fingerprint density at radius 2 is 2.20 bits per heavy atom. The topological polar surface area (TPSA) is 22.1 Å². The van der Waals surface area contributed by atoms with Crippen molar-refractivity contribution in [1.29, 1.82) is 0 Å². The molecule has 0 fully saturated rings. The van der Waals surface area contributed by atoms with E-state index in [1.165, 1.54) is 0 Å². The summed E-state index contributed by atoms with van der Waals surface area (Å²) >= 11 is 3.95. The van der Waals surface area contributed by atoms with Crippen LogP contribution in [0.3, 0.4) is 0 Å². The molecule has 2 rings (SSSR count). The van der Waals surface area contributed by atoms with E-state index in [9.17, 15) is 0 Å². The van der Waals surface area contributed by atoms with Crippen LogP contribution in [0, 0.1) is 10.5 Å². The van der Waals surface area contributed by atoms with Crippen LogP contribution in [-0.2, 0) is 6.61 Å². The second-order valence-electron chi connectivity index (χ2n) is 3.06. The maximum Gasteiger partial charge on any atom is 0.133 e. The summed E-state index contributed by atoms with van der Waals surface area (Å²) in [5.41, 5.74) is 0. The van der Waals surface area contributed by atoms with Crippen molar-refractivity contribution in [2.24, 2.45) is 0 Å². The third-order valence-corrected chi connectivity index (χ3v) is 3.65. The van der Waals surface area contributed by atoms with Gasteiger partial charge in [-0.05, 0) is 41.6 Å². The Morgan fingerprint density at radius 3 is 2.87 bits per heavy atom. The third kappa shape index (κ3) is 2.92. The lowest BCUT2D eigenvalue weighted by Gasteiger charge is -2.05. The molecule has 0 amide bonds. The number of rotatable bonds is 3. The van der Waals surface area contributed by atoms with E-state index >= 15 is 0 Å². The molecule has 0 saturated heterocycles. The second kappa shape index (κ2) is 4.94. The van der Waals surface area contributed by atoms with Gasteiger partial charge in [0.15, 0.2) is 0 Å². The molecule has 2 aromatic rings. The number of hydrogen-bond donors (Lipinski definition) is 0. The molecule has 0 atom stereocenters. The van der Waals surface area contributed by atoms with E-state index in [0.717, 1.165) is 19.2 Å². The molecule has 0 unspecified atom stereocenters. The van der Waals surface area contributed by atoms with Crippen LogP contribution >= 0.6 is 33.9 Å². The summed E-state index contributed by atoms with van der Waals surface area (Å²) in [6.07, 6.45) is 1.87. The van der Waals surface area contributed by atoms with Crippen LogP contribution in [-0.4, -0.2) is 4.98 Å². The molecule has 0 spiro atoms. The summed E-state index contributed by atoms with van der Waals surface area (Å²) in [7, 11) is 0. The van der Waals surface area contributed by atoms with Gasteiger partial charge in [-0.1, -0.05) is 12.1 Å². The average Bonchev–Trinajstić information content (AvgIpc) is 2.63. The Labute approximate surface area is 106 Å². The number of aryl methyl sites for hydroxylation is 1. The maximum absolute atomic E-state index is 5.70. The van der Waals surface area contributed by atoms with E-state index < -0.39 is 0 Å². The maximum atomic E-state index is 5.70. The number of halogens is 1. The lowest BCUT2D eigenvalue weighted by Crippen LogP contribution is -1.94. The molecule has 2 nitrogen and oxygen atoms in total. The van der Waals surface area contributed by atoms with Crippen molar-refractivity contribution in [1.82, 2.24) is 4.98 Å². The molecule has 4 heteroatoms. The smallest absolute Gasteiger partial charge is 0.133 e. The normalized spacial score (nSPS) is 10.3. The summed E-state index contributed by atoms with van der Waals surface area (Å²) in [6, 6.07) is 8.00. The number of nitrogens with zero attached hydrogens (tertiary/aromatic N) is 1. The monoisotopic (exact) mass is 331 g/mol. The van der Waals surface area contributed by atoms with E-state index in [0.29, 0.717) is 6.61 Å². The first-order valence-electron chi connectivity index (χ1n) is 4.54. The highest BCUT2D eigenvalue weighted by Crippen LogP contribution is 2.22. The van der Waals surface area contributed by atoms with Gasteiger partial charge in [-0.15, -0.1) is 11.3 Å². The van der Waals surface area contributed by atoms with Crippen molar-refractivity contribution < 1.29 is 4.74 Å². The summed E-state index contributed by atoms with van der Waals surface area (Å²) in [5.74, 6) is 0.934. The van der Waals surface area contributed by atoms with Gasteiger partial charge in [-0.3, -0.25) is 0 Å². The molecule has 0 radical (unpaired) electrons. The minimum absolute atomic E-state index is 0.603. The van der Waals surface area contributed by atoms with Gasteiger partial charge in [0.2, 0.25) is 0 Å². The number of para-hydroxylation sites is 1. The summed E-state index contributed by atoms with van der Waals surface area (Å²) < 4.78 is 6.83. The highest BCUT2D eigenvalue weighted by Gasteiger charge is 2.02. The molecule has 0 saturated carbocycles. The zero-order valence-corrected chi connectivity index (χ0v) is 11.2. The van der Waals surface area contributed by atoms with E-state index in [4.69, 9.17) is 4.74 Å². The van der Waals surface area contributed by atoms with Crippen LogP contribution in [0.15, 0.2) is 30.5 Å². The van der Waals surface area contributed by atoms with Crippen LogP contribution in [0.1, 0.15) is 9.88 Å². The molecule has 0 bridgehead atoms. The number of thiazole rings is 1. The van der Waals surface area contributed by atoms with Gasteiger partial charge in [0.05, 0.1) is 13.5 Å². The molecular weight excluding hydrogens is 321 g/mol. The minimum atomic E-state index is 0.603. The largest absolute Gasteiger partial charge is 0.487 e. The molecule has 15 heavy (non-hydrogen) atoms. The van der Waals surface area contributed by atoms with Crippen molar-refractivity contribution in [3.63, 3.8) is 0 Å². The Balaban J connectivity index is 2.02. The Morgan fingerprint density at radius 1 is 1.40 bits per heavy atom. The van der Waals surface area contributed by atoms with Gasteiger partial charge in [-0.25, -0.2) is 4.98 Å². The van der Waals surface area contributed by atoms with Crippen molar-refractivity contribution in [3.8, 4) is 5.75 Å². The van der Waals surface area contributed by atoms with Crippen molar-refractivity contribution >= 4 is 33.9 Å². The lowest BCUT2D eigenvalue weighted by molar-refractivity contribution is 0.307. The van der Waals surface area contributed by atoms with Crippen LogP contribution in [0.25, 0.3) is 0 Å². The van der Waals surface area contributed by atoms with Crippen LogP contribution < -0.4 is 4.74 Å². The molecule has 0 aliphatic heterocycles. The minimum Gasteiger partial charge on any atom is -0.487 e. The average molecular weight is 331 g/mol. The molecule has 1 aromatic carbocycles. The second-order valence-corrected chi connectivity index (χ2v) is 5.55. The number of hydrogen-bond acceptors (Lipinski definition) is 3. The molecule has 1 aromatic heterocycles. The van der Waals surface area contributed by atoms with Crippen LogP contribution in [0.2, 0.25) is 0 Å². The highest BCUT2D eigenvalue weighted by atomic mass is 127. The van der Waals surface area contributed by atoms with E-state index in [-0.39, 0.29) is 0 Å². The van der Waals surface area contributed by atoms with Gasteiger partial charge in [0.1, 0.15) is 12.4 Å². The summed E-state index contributed by atoms with van der Waals surface area (Å²) in [4.78, 5) is 5.35. The quantitative estimate of drug-likeness (QED) is 0.801. The molecule has 0 aliphatic rings. The first-order chi connectivity index (χ1) is 7.25. The molecule has 0 aliphatic carbocycles. The molecule has 78 valence electrons. The highest BCUT2D eigenvalue weighted by molar-refractivity contribution is 14.1. The van der Waals surface area contributed by atoms with Gasteiger partial charge >= 0.3 is 0 Å². The van der Waals surface area contributed by atoms with Gasteiger partial charge in [0, 0.05) is 6.20 Å². The van der Waals surface area contributed by atoms with Gasteiger partial charge < -0.3 is 4.74 Å². The molecule has 1 heterocycles. The predicted molar refractivity (Wildman–Crippen MR) is 70.3 cm³/mol. The van der Waals surface area contributed by atoms with Crippen molar-refractivity contribution in [2.75, 3.05) is 0 Å². The standard InChI is InChI=1S/C11H10INOS/c1-8-13-6-9(15-8)7-14-11-5-3-2-4-10(11)12/h2-6H,7H2,1H3. The summed E-state index contributed by atoms with van der Waals surface area (Å²) in [5, 5.41) is 1.08. The predicted octanol–water partition coefficient (Wildman–Crippen LogP) is 3.64. The lowest BCUT2D eigenvalue weighted by atomic mass is 10.3. The van der Waals surface area contributed by atoms with Crippen LogP contribution in [0.5, 0.6) is 5.75 Å². The van der Waals surface area contributed by atoms with E-state index in [1.807, 2.05) is 37.4 Å². The Bertz CT molecular complexity index is 455. The van der Waals surface area contributed by atoms with Gasteiger partial charge in [0.25, 0.3) is 0 Å².